The molecule has 1 aliphatic rings. The first-order valence-electron chi connectivity index (χ1n) is 5.97. The van der Waals surface area contributed by atoms with Crippen LogP contribution in [0.5, 0.6) is 0 Å². The second-order valence-electron chi connectivity index (χ2n) is 4.59. The number of halogens is 2. The fraction of sp³-hybridized carbons (Fsp3) is 0.200. The van der Waals surface area contributed by atoms with Gasteiger partial charge in [0.15, 0.2) is 0 Å². The van der Waals surface area contributed by atoms with Crippen LogP contribution in [0.2, 0.25) is 0 Å². The molecule has 0 spiro atoms. The van der Waals surface area contributed by atoms with Crippen LogP contribution in [0.1, 0.15) is 28.4 Å². The van der Waals surface area contributed by atoms with E-state index in [-0.39, 0.29) is 5.56 Å². The van der Waals surface area contributed by atoms with Gasteiger partial charge in [-0.3, -0.25) is 0 Å². The monoisotopic (exact) mass is 262 g/mol. The van der Waals surface area contributed by atoms with Crippen molar-refractivity contribution >= 4 is 0 Å². The van der Waals surface area contributed by atoms with Crippen molar-refractivity contribution in [1.29, 1.82) is 0 Å². The maximum absolute atomic E-state index is 13.6. The van der Waals surface area contributed by atoms with Gasteiger partial charge in [0.05, 0.1) is 13.2 Å². The molecule has 98 valence electrons. The Morgan fingerprint density at radius 3 is 2.63 bits per heavy atom. The molecule has 3 rings (SSSR count). The summed E-state index contributed by atoms with van der Waals surface area (Å²) in [6.07, 6.45) is -1.18. The van der Waals surface area contributed by atoms with Crippen LogP contribution >= 0.6 is 0 Å². The second kappa shape index (κ2) is 4.72. The largest absolute Gasteiger partial charge is 0.384 e. The van der Waals surface area contributed by atoms with Gasteiger partial charge in [0.1, 0.15) is 17.7 Å². The Hall–Kier alpha value is -1.78. The van der Waals surface area contributed by atoms with Gasteiger partial charge in [-0.05, 0) is 34.9 Å². The standard InChI is InChI=1S/C15H12F2O2/c16-12-3-4-14(17)13(6-12)15(18)9-1-2-10-7-19-8-11(10)5-9/h1-6,15,18H,7-8H2. The molecule has 2 aromatic carbocycles. The molecule has 0 amide bonds. The summed E-state index contributed by atoms with van der Waals surface area (Å²) in [7, 11) is 0. The molecular formula is C15H12F2O2. The van der Waals surface area contributed by atoms with Crippen LogP contribution in [0.25, 0.3) is 0 Å². The van der Waals surface area contributed by atoms with E-state index in [1.54, 1.807) is 12.1 Å². The van der Waals surface area contributed by atoms with Gasteiger partial charge in [-0.2, -0.15) is 0 Å². The minimum Gasteiger partial charge on any atom is -0.384 e. The van der Waals surface area contributed by atoms with Crippen LogP contribution in [-0.4, -0.2) is 5.11 Å². The quantitative estimate of drug-likeness (QED) is 0.901. The van der Waals surface area contributed by atoms with E-state index in [0.29, 0.717) is 18.8 Å². The molecule has 1 aliphatic heterocycles. The van der Waals surface area contributed by atoms with E-state index in [9.17, 15) is 13.9 Å². The molecule has 1 atom stereocenters. The first-order chi connectivity index (χ1) is 9.15. The number of fused-ring (bicyclic) bond motifs is 1. The minimum absolute atomic E-state index is 0.0566. The van der Waals surface area contributed by atoms with Crippen molar-refractivity contribution in [2.45, 2.75) is 19.3 Å². The normalized spacial score (nSPS) is 15.3. The first kappa shape index (κ1) is 12.3. The van der Waals surface area contributed by atoms with Crippen LogP contribution in [0, 0.1) is 11.6 Å². The van der Waals surface area contributed by atoms with Gasteiger partial charge in [0.2, 0.25) is 0 Å². The molecule has 19 heavy (non-hydrogen) atoms. The van der Waals surface area contributed by atoms with E-state index < -0.39 is 17.7 Å². The lowest BCUT2D eigenvalue weighted by molar-refractivity contribution is 0.134. The molecule has 2 nitrogen and oxygen atoms in total. The molecule has 4 heteroatoms. The van der Waals surface area contributed by atoms with Gasteiger partial charge in [0.25, 0.3) is 0 Å². The minimum atomic E-state index is -1.18. The highest BCUT2D eigenvalue weighted by Crippen LogP contribution is 2.29. The number of rotatable bonds is 2. The van der Waals surface area contributed by atoms with Crippen LogP contribution in [-0.2, 0) is 18.0 Å². The molecule has 1 N–H and O–H groups in total. The Labute approximate surface area is 109 Å². The zero-order valence-electron chi connectivity index (χ0n) is 10.1. The highest BCUT2D eigenvalue weighted by atomic mass is 19.1. The number of hydrogen-bond acceptors (Lipinski definition) is 2. The van der Waals surface area contributed by atoms with E-state index in [1.165, 1.54) is 0 Å². The van der Waals surface area contributed by atoms with Crippen molar-refractivity contribution in [1.82, 2.24) is 0 Å². The number of aliphatic hydroxyl groups excluding tert-OH is 1. The zero-order valence-corrected chi connectivity index (χ0v) is 10.1. The van der Waals surface area contributed by atoms with Crippen LogP contribution in [0.15, 0.2) is 36.4 Å². The molecule has 0 fully saturated rings. The SMILES string of the molecule is OC(c1ccc2c(c1)COC2)c1cc(F)ccc1F. The first-order valence-corrected chi connectivity index (χ1v) is 5.97. The number of ether oxygens (including phenoxy) is 1. The summed E-state index contributed by atoms with van der Waals surface area (Å²) in [5.74, 6) is -1.19. The third-order valence-electron chi connectivity index (χ3n) is 3.31. The molecule has 0 aromatic heterocycles. The smallest absolute Gasteiger partial charge is 0.129 e. The highest BCUT2D eigenvalue weighted by molar-refractivity contribution is 5.38. The maximum atomic E-state index is 13.6. The summed E-state index contributed by atoms with van der Waals surface area (Å²) in [5, 5.41) is 10.2. The fourth-order valence-electron chi connectivity index (χ4n) is 2.27. The Balaban J connectivity index is 1.99. The molecule has 0 bridgehead atoms. The Kier molecular flexibility index (Phi) is 3.05. The van der Waals surface area contributed by atoms with Crippen molar-refractivity contribution in [3.8, 4) is 0 Å². The summed E-state index contributed by atoms with van der Waals surface area (Å²) in [6, 6.07) is 8.40. The summed E-state index contributed by atoms with van der Waals surface area (Å²) in [4.78, 5) is 0. The molecule has 0 saturated heterocycles. The topological polar surface area (TPSA) is 29.5 Å². The summed E-state index contributed by atoms with van der Waals surface area (Å²) in [6.45, 7) is 1.04. The van der Waals surface area contributed by atoms with Crippen molar-refractivity contribution in [2.24, 2.45) is 0 Å². The molecule has 0 saturated carbocycles. The van der Waals surface area contributed by atoms with Crippen molar-refractivity contribution in [3.63, 3.8) is 0 Å². The van der Waals surface area contributed by atoms with E-state index >= 15 is 0 Å². The summed E-state index contributed by atoms with van der Waals surface area (Å²) in [5.41, 5.74) is 2.52. The lowest BCUT2D eigenvalue weighted by Crippen LogP contribution is -2.04. The Bertz CT molecular complexity index is 626. The number of aliphatic hydroxyl groups is 1. The number of benzene rings is 2. The lowest BCUT2D eigenvalue weighted by atomic mass is 9.97. The van der Waals surface area contributed by atoms with Gasteiger partial charge in [-0.25, -0.2) is 8.78 Å². The van der Waals surface area contributed by atoms with E-state index in [1.807, 2.05) is 6.07 Å². The Morgan fingerprint density at radius 2 is 1.79 bits per heavy atom. The Morgan fingerprint density at radius 1 is 1.00 bits per heavy atom. The van der Waals surface area contributed by atoms with Crippen molar-refractivity contribution in [2.75, 3.05) is 0 Å². The highest BCUT2D eigenvalue weighted by Gasteiger charge is 2.19. The average molecular weight is 262 g/mol. The predicted octanol–water partition coefficient (Wildman–Crippen LogP) is 3.08. The second-order valence-corrected chi connectivity index (χ2v) is 4.59. The summed E-state index contributed by atoms with van der Waals surface area (Å²) < 4.78 is 32.1. The average Bonchev–Trinajstić information content (AvgIpc) is 2.88. The third kappa shape index (κ3) is 2.25. The van der Waals surface area contributed by atoms with Crippen LogP contribution in [0.3, 0.4) is 0 Å². The van der Waals surface area contributed by atoms with E-state index in [2.05, 4.69) is 0 Å². The number of hydrogen-bond donors (Lipinski definition) is 1. The van der Waals surface area contributed by atoms with Crippen molar-refractivity contribution in [3.05, 3.63) is 70.3 Å². The lowest BCUT2D eigenvalue weighted by Gasteiger charge is -2.13. The van der Waals surface area contributed by atoms with Crippen molar-refractivity contribution < 1.29 is 18.6 Å². The molecule has 1 unspecified atom stereocenters. The molecule has 2 aromatic rings. The molecule has 0 aliphatic carbocycles. The fourth-order valence-corrected chi connectivity index (χ4v) is 2.27. The van der Waals surface area contributed by atoms with Crippen LogP contribution in [0.4, 0.5) is 8.78 Å². The predicted molar refractivity (Wildman–Crippen MR) is 65.4 cm³/mol. The molecule has 1 heterocycles. The van der Waals surface area contributed by atoms with Gasteiger partial charge in [0, 0.05) is 5.56 Å². The molecular weight excluding hydrogens is 250 g/mol. The third-order valence-corrected chi connectivity index (χ3v) is 3.31. The summed E-state index contributed by atoms with van der Waals surface area (Å²) >= 11 is 0. The van der Waals surface area contributed by atoms with E-state index in [4.69, 9.17) is 4.74 Å². The zero-order chi connectivity index (χ0) is 13.4. The maximum Gasteiger partial charge on any atom is 0.129 e. The van der Waals surface area contributed by atoms with Gasteiger partial charge < -0.3 is 9.84 Å². The van der Waals surface area contributed by atoms with Crippen LogP contribution < -0.4 is 0 Å². The van der Waals surface area contributed by atoms with Gasteiger partial charge in [-0.1, -0.05) is 18.2 Å². The van der Waals surface area contributed by atoms with Gasteiger partial charge in [-0.15, -0.1) is 0 Å². The van der Waals surface area contributed by atoms with Gasteiger partial charge >= 0.3 is 0 Å². The molecule has 0 radical (unpaired) electrons. The van der Waals surface area contributed by atoms with E-state index in [0.717, 1.165) is 29.3 Å².